The van der Waals surface area contributed by atoms with E-state index in [1.807, 2.05) is 6.92 Å². The Kier molecular flexibility index (Phi) is 5.13. The molecule has 0 bridgehead atoms. The Labute approximate surface area is 110 Å². The Hall–Kier alpha value is -1.34. The Bertz CT molecular complexity index is 423. The van der Waals surface area contributed by atoms with Crippen molar-refractivity contribution in [2.24, 2.45) is 5.73 Å². The molecule has 7 heteroatoms. The van der Waals surface area contributed by atoms with Crippen LogP contribution < -0.4 is 10.6 Å². The second-order valence-corrected chi connectivity index (χ2v) is 4.30. The quantitative estimate of drug-likeness (QED) is 0.894. The normalized spacial score (nSPS) is 13.4. The van der Waals surface area contributed by atoms with E-state index in [9.17, 15) is 13.2 Å². The first-order chi connectivity index (χ1) is 8.81. The van der Waals surface area contributed by atoms with Crippen molar-refractivity contribution in [3.8, 4) is 0 Å². The minimum Gasteiger partial charge on any atom is -0.383 e. The highest BCUT2D eigenvalue weighted by molar-refractivity contribution is 5.48. The summed E-state index contributed by atoms with van der Waals surface area (Å²) in [5, 5.41) is 0. The Morgan fingerprint density at radius 3 is 2.53 bits per heavy atom. The fourth-order valence-corrected chi connectivity index (χ4v) is 1.66. The number of aromatic nitrogens is 1. The number of halogens is 3. The lowest BCUT2D eigenvalue weighted by Crippen LogP contribution is -2.34. The zero-order valence-corrected chi connectivity index (χ0v) is 11.2. The minimum atomic E-state index is -4.47. The van der Waals surface area contributed by atoms with E-state index in [0.29, 0.717) is 12.2 Å². The second-order valence-electron chi connectivity index (χ2n) is 4.30. The van der Waals surface area contributed by atoms with Gasteiger partial charge in [0.05, 0.1) is 12.6 Å². The van der Waals surface area contributed by atoms with Crippen LogP contribution in [0.25, 0.3) is 0 Å². The molecule has 19 heavy (non-hydrogen) atoms. The van der Waals surface area contributed by atoms with Crippen LogP contribution in [0.2, 0.25) is 0 Å². The van der Waals surface area contributed by atoms with Crippen LogP contribution in [-0.2, 0) is 17.5 Å². The zero-order valence-electron chi connectivity index (χ0n) is 11.2. The molecule has 0 spiro atoms. The lowest BCUT2D eigenvalue weighted by molar-refractivity contribution is -0.141. The highest BCUT2D eigenvalue weighted by Gasteiger charge is 2.33. The number of rotatable bonds is 5. The predicted molar refractivity (Wildman–Crippen MR) is 66.9 cm³/mol. The van der Waals surface area contributed by atoms with Crippen molar-refractivity contribution in [2.75, 3.05) is 25.7 Å². The molecule has 0 radical (unpaired) electrons. The third-order valence-electron chi connectivity index (χ3n) is 2.87. The maximum atomic E-state index is 12.7. The molecule has 2 N–H and O–H groups in total. The highest BCUT2D eigenvalue weighted by atomic mass is 19.4. The summed E-state index contributed by atoms with van der Waals surface area (Å²) >= 11 is 0. The molecule has 1 atom stereocenters. The molecule has 0 aromatic carbocycles. The van der Waals surface area contributed by atoms with Crippen LogP contribution in [0, 0.1) is 0 Å². The Morgan fingerprint density at radius 2 is 2.05 bits per heavy atom. The number of ether oxygens (including phenoxy) is 1. The van der Waals surface area contributed by atoms with Gasteiger partial charge in [-0.25, -0.2) is 4.98 Å². The lowest BCUT2D eigenvalue weighted by atomic mass is 10.2. The van der Waals surface area contributed by atoms with Crippen molar-refractivity contribution in [1.82, 2.24) is 4.98 Å². The van der Waals surface area contributed by atoms with Crippen LogP contribution in [0.15, 0.2) is 12.1 Å². The smallest absolute Gasteiger partial charge is 0.383 e. The van der Waals surface area contributed by atoms with Gasteiger partial charge in [0.1, 0.15) is 11.5 Å². The molecule has 0 aliphatic heterocycles. The van der Waals surface area contributed by atoms with Gasteiger partial charge in [0.2, 0.25) is 0 Å². The maximum absolute atomic E-state index is 12.7. The van der Waals surface area contributed by atoms with Crippen LogP contribution in [0.4, 0.5) is 19.0 Å². The summed E-state index contributed by atoms with van der Waals surface area (Å²) in [7, 11) is 3.21. The molecule has 1 unspecified atom stereocenters. The first kappa shape index (κ1) is 15.7. The van der Waals surface area contributed by atoms with Gasteiger partial charge in [-0.15, -0.1) is 0 Å². The standard InChI is InChI=1S/C12H18F3N3O/c1-8(7-19-3)18(2)11-9(6-16)4-5-10(17-11)12(13,14)15/h4-5,8H,6-7,16H2,1-3H3. The maximum Gasteiger partial charge on any atom is 0.433 e. The third kappa shape index (κ3) is 3.81. The van der Waals surface area contributed by atoms with E-state index in [-0.39, 0.29) is 18.4 Å². The highest BCUT2D eigenvalue weighted by Crippen LogP contribution is 2.30. The van der Waals surface area contributed by atoms with Crippen LogP contribution in [0.5, 0.6) is 0 Å². The topological polar surface area (TPSA) is 51.4 Å². The van der Waals surface area contributed by atoms with Crippen molar-refractivity contribution >= 4 is 5.82 Å². The van der Waals surface area contributed by atoms with Gasteiger partial charge in [-0.05, 0) is 13.0 Å². The van der Waals surface area contributed by atoms with Crippen molar-refractivity contribution in [2.45, 2.75) is 25.7 Å². The lowest BCUT2D eigenvalue weighted by Gasteiger charge is -2.27. The second kappa shape index (κ2) is 6.21. The molecule has 1 aromatic heterocycles. The Morgan fingerprint density at radius 1 is 1.42 bits per heavy atom. The number of nitrogens with two attached hydrogens (primary N) is 1. The first-order valence-electron chi connectivity index (χ1n) is 5.80. The van der Waals surface area contributed by atoms with Crippen molar-refractivity contribution < 1.29 is 17.9 Å². The van der Waals surface area contributed by atoms with Crippen LogP contribution >= 0.6 is 0 Å². The Balaban J connectivity index is 3.15. The summed E-state index contributed by atoms with van der Waals surface area (Å²) < 4.78 is 43.0. The molecule has 0 saturated carbocycles. The summed E-state index contributed by atoms with van der Waals surface area (Å²) in [4.78, 5) is 5.32. The fraction of sp³-hybridized carbons (Fsp3) is 0.583. The van der Waals surface area contributed by atoms with E-state index in [1.54, 1.807) is 11.9 Å². The molecule has 0 saturated heterocycles. The largest absolute Gasteiger partial charge is 0.433 e. The average molecular weight is 277 g/mol. The molecule has 4 nitrogen and oxygen atoms in total. The molecule has 1 rings (SSSR count). The summed E-state index contributed by atoms with van der Waals surface area (Å²) in [6.07, 6.45) is -4.47. The molecule has 0 fully saturated rings. The molecule has 1 aromatic rings. The third-order valence-corrected chi connectivity index (χ3v) is 2.87. The SMILES string of the molecule is COCC(C)N(C)c1nc(C(F)(F)F)ccc1CN. The van der Waals surface area contributed by atoms with E-state index >= 15 is 0 Å². The van der Waals surface area contributed by atoms with E-state index < -0.39 is 11.9 Å². The first-order valence-corrected chi connectivity index (χ1v) is 5.80. The molecular formula is C12H18F3N3O. The zero-order chi connectivity index (χ0) is 14.6. The summed E-state index contributed by atoms with van der Waals surface area (Å²) in [6, 6.07) is 2.20. The van der Waals surface area contributed by atoms with Gasteiger partial charge in [-0.1, -0.05) is 6.07 Å². The summed E-state index contributed by atoms with van der Waals surface area (Å²) in [5.41, 5.74) is 5.19. The average Bonchev–Trinajstić information content (AvgIpc) is 2.36. The number of methoxy groups -OCH3 is 1. The van der Waals surface area contributed by atoms with Gasteiger partial charge < -0.3 is 15.4 Å². The van der Waals surface area contributed by atoms with Gasteiger partial charge in [0, 0.05) is 26.3 Å². The molecule has 0 aliphatic carbocycles. The van der Waals surface area contributed by atoms with Crippen LogP contribution in [0.3, 0.4) is 0 Å². The van der Waals surface area contributed by atoms with Crippen molar-refractivity contribution in [1.29, 1.82) is 0 Å². The van der Waals surface area contributed by atoms with Crippen LogP contribution in [0.1, 0.15) is 18.2 Å². The fourth-order valence-electron chi connectivity index (χ4n) is 1.66. The minimum absolute atomic E-state index is 0.105. The van der Waals surface area contributed by atoms with Crippen molar-refractivity contribution in [3.63, 3.8) is 0 Å². The molecular weight excluding hydrogens is 259 g/mol. The summed E-state index contributed by atoms with van der Waals surface area (Å²) in [5.74, 6) is 0.238. The molecule has 108 valence electrons. The van der Waals surface area contributed by atoms with Gasteiger partial charge in [-0.3, -0.25) is 0 Å². The van der Waals surface area contributed by atoms with E-state index in [0.717, 1.165) is 6.07 Å². The van der Waals surface area contributed by atoms with Gasteiger partial charge in [-0.2, -0.15) is 13.2 Å². The van der Waals surface area contributed by atoms with E-state index in [1.165, 1.54) is 13.2 Å². The number of nitrogens with zero attached hydrogens (tertiary/aromatic N) is 2. The van der Waals surface area contributed by atoms with Crippen LogP contribution in [-0.4, -0.2) is 31.8 Å². The van der Waals surface area contributed by atoms with Crippen molar-refractivity contribution in [3.05, 3.63) is 23.4 Å². The number of pyridine rings is 1. The summed E-state index contributed by atoms with van der Waals surface area (Å²) in [6.45, 7) is 2.36. The van der Waals surface area contributed by atoms with Gasteiger partial charge in [0.25, 0.3) is 0 Å². The van der Waals surface area contributed by atoms with Gasteiger partial charge in [0.15, 0.2) is 0 Å². The number of hydrogen-bond donors (Lipinski definition) is 1. The monoisotopic (exact) mass is 277 g/mol. The van der Waals surface area contributed by atoms with E-state index in [4.69, 9.17) is 10.5 Å². The number of hydrogen-bond acceptors (Lipinski definition) is 4. The van der Waals surface area contributed by atoms with Gasteiger partial charge >= 0.3 is 6.18 Å². The number of anilines is 1. The predicted octanol–water partition coefficient (Wildman–Crippen LogP) is 2.03. The molecule has 0 aliphatic rings. The van der Waals surface area contributed by atoms with E-state index in [2.05, 4.69) is 4.98 Å². The number of alkyl halides is 3. The molecule has 1 heterocycles. The number of likely N-dealkylation sites (N-methyl/N-ethyl adjacent to an activating group) is 1. The molecule has 0 amide bonds.